The first-order valence-electron chi connectivity index (χ1n) is 12.2. The van der Waals surface area contributed by atoms with Gasteiger partial charge in [-0.25, -0.2) is 18.6 Å². The summed E-state index contributed by atoms with van der Waals surface area (Å²) >= 11 is 0. The van der Waals surface area contributed by atoms with Crippen LogP contribution in [0.5, 0.6) is 0 Å². The Labute approximate surface area is 207 Å². The number of halogens is 2. The Balaban J connectivity index is 1.34. The summed E-state index contributed by atoms with van der Waals surface area (Å²) in [6, 6.07) is 10.7. The Morgan fingerprint density at radius 3 is 2.69 bits per heavy atom. The SMILES string of the molecule is CC1(C)[C@H]2CC[C@]1([C@@H]1CN(C(=O)Nc3ccccn3)CCO1)c1nnc(-c3c(F)cccc3F)cc12. The van der Waals surface area contributed by atoms with Crippen molar-refractivity contribution in [1.29, 1.82) is 0 Å². The zero-order chi connectivity index (χ0) is 25.1. The lowest BCUT2D eigenvalue weighted by molar-refractivity contribution is -0.0808. The second-order valence-electron chi connectivity index (χ2n) is 10.4. The van der Waals surface area contributed by atoms with Crippen molar-refractivity contribution in [1.82, 2.24) is 20.1 Å². The van der Waals surface area contributed by atoms with E-state index >= 15 is 0 Å². The molecule has 186 valence electrons. The van der Waals surface area contributed by atoms with E-state index in [0.29, 0.717) is 25.5 Å². The molecule has 3 heterocycles. The highest BCUT2D eigenvalue weighted by atomic mass is 19.1. The number of urea groups is 1. The van der Waals surface area contributed by atoms with Gasteiger partial charge in [-0.3, -0.25) is 5.32 Å². The maximum Gasteiger partial charge on any atom is 0.323 e. The molecule has 6 rings (SSSR count). The Kier molecular flexibility index (Phi) is 5.29. The average molecular weight is 492 g/mol. The first kappa shape index (κ1) is 23.0. The number of nitrogens with one attached hydrogen (secondary N) is 1. The Bertz CT molecular complexity index is 1310. The van der Waals surface area contributed by atoms with Gasteiger partial charge in [-0.05, 0) is 60.1 Å². The van der Waals surface area contributed by atoms with E-state index in [2.05, 4.69) is 34.3 Å². The van der Waals surface area contributed by atoms with E-state index in [4.69, 9.17) is 4.74 Å². The summed E-state index contributed by atoms with van der Waals surface area (Å²) in [7, 11) is 0. The molecule has 1 saturated carbocycles. The maximum atomic E-state index is 14.5. The van der Waals surface area contributed by atoms with Gasteiger partial charge in [0.15, 0.2) is 0 Å². The summed E-state index contributed by atoms with van der Waals surface area (Å²) in [5.74, 6) is -0.675. The van der Waals surface area contributed by atoms with Crippen molar-refractivity contribution >= 4 is 11.8 Å². The average Bonchev–Trinajstić information content (AvgIpc) is 3.25. The monoisotopic (exact) mass is 491 g/mol. The number of carbonyl (C=O) groups is 1. The van der Waals surface area contributed by atoms with Crippen LogP contribution in [0.1, 0.15) is 43.9 Å². The number of aromatic nitrogens is 3. The molecular weight excluding hydrogens is 464 g/mol. The Morgan fingerprint density at radius 1 is 1.14 bits per heavy atom. The lowest BCUT2D eigenvalue weighted by atomic mass is 9.64. The number of fused-ring (bicyclic) bond motifs is 5. The molecule has 3 aliphatic rings. The number of amides is 2. The lowest BCUT2D eigenvalue weighted by Gasteiger charge is -2.47. The molecule has 1 aromatic carbocycles. The van der Waals surface area contributed by atoms with Crippen LogP contribution in [0.2, 0.25) is 0 Å². The predicted molar refractivity (Wildman–Crippen MR) is 129 cm³/mol. The molecule has 0 spiro atoms. The van der Waals surface area contributed by atoms with Gasteiger partial charge in [0.05, 0.1) is 29.7 Å². The van der Waals surface area contributed by atoms with Crippen molar-refractivity contribution in [2.24, 2.45) is 5.41 Å². The molecule has 3 aromatic rings. The normalized spacial score (nSPS) is 26.1. The van der Waals surface area contributed by atoms with Gasteiger partial charge in [-0.15, -0.1) is 0 Å². The van der Waals surface area contributed by atoms with Gasteiger partial charge >= 0.3 is 6.03 Å². The van der Waals surface area contributed by atoms with Gasteiger partial charge in [0.25, 0.3) is 0 Å². The van der Waals surface area contributed by atoms with Crippen molar-refractivity contribution in [2.75, 3.05) is 25.0 Å². The van der Waals surface area contributed by atoms with E-state index in [-0.39, 0.29) is 34.7 Å². The summed E-state index contributed by atoms with van der Waals surface area (Å²) in [6.45, 7) is 5.68. The van der Waals surface area contributed by atoms with E-state index in [1.54, 1.807) is 29.3 Å². The van der Waals surface area contributed by atoms with Crippen LogP contribution >= 0.6 is 0 Å². The number of benzene rings is 1. The van der Waals surface area contributed by atoms with Crippen LogP contribution in [0.3, 0.4) is 0 Å². The number of rotatable bonds is 3. The third-order valence-corrected chi connectivity index (χ3v) is 8.49. The fourth-order valence-electron chi connectivity index (χ4n) is 6.70. The number of nitrogens with zero attached hydrogens (tertiary/aromatic N) is 4. The second-order valence-corrected chi connectivity index (χ2v) is 10.4. The minimum atomic E-state index is -0.661. The predicted octanol–water partition coefficient (Wildman–Crippen LogP) is 4.90. The van der Waals surface area contributed by atoms with Crippen molar-refractivity contribution in [3.8, 4) is 11.3 Å². The fraction of sp³-hybridized carbons (Fsp3) is 0.407. The number of ether oxygens (including phenoxy) is 1. The molecule has 2 amide bonds. The van der Waals surface area contributed by atoms with Crippen molar-refractivity contribution in [3.05, 3.63) is 71.6 Å². The fourth-order valence-corrected chi connectivity index (χ4v) is 6.70. The van der Waals surface area contributed by atoms with Gasteiger partial charge in [0.2, 0.25) is 0 Å². The third-order valence-electron chi connectivity index (χ3n) is 8.49. The van der Waals surface area contributed by atoms with Gasteiger partial charge < -0.3 is 9.64 Å². The number of pyridine rings is 1. The smallest absolute Gasteiger partial charge is 0.323 e. The minimum absolute atomic E-state index is 0.151. The first-order chi connectivity index (χ1) is 17.3. The molecule has 1 aliphatic heterocycles. The van der Waals surface area contributed by atoms with Crippen LogP contribution in [0.15, 0.2) is 48.7 Å². The molecule has 0 unspecified atom stereocenters. The van der Waals surface area contributed by atoms with Crippen LogP contribution < -0.4 is 5.32 Å². The van der Waals surface area contributed by atoms with E-state index in [0.717, 1.165) is 24.1 Å². The maximum absolute atomic E-state index is 14.5. The molecule has 7 nitrogen and oxygen atoms in total. The van der Waals surface area contributed by atoms with Crippen LogP contribution in [-0.4, -0.2) is 51.9 Å². The zero-order valence-electron chi connectivity index (χ0n) is 20.2. The van der Waals surface area contributed by atoms with Crippen LogP contribution in [0.25, 0.3) is 11.3 Å². The summed E-state index contributed by atoms with van der Waals surface area (Å²) in [6.07, 6.45) is 3.10. The first-order valence-corrected chi connectivity index (χ1v) is 12.2. The molecule has 2 fully saturated rings. The highest BCUT2D eigenvalue weighted by Crippen LogP contribution is 2.69. The number of hydrogen-bond acceptors (Lipinski definition) is 5. The molecule has 36 heavy (non-hydrogen) atoms. The molecule has 9 heteroatoms. The zero-order valence-corrected chi connectivity index (χ0v) is 20.2. The Morgan fingerprint density at radius 2 is 1.94 bits per heavy atom. The van der Waals surface area contributed by atoms with Crippen molar-refractivity contribution in [2.45, 2.75) is 44.1 Å². The van der Waals surface area contributed by atoms with Gasteiger partial charge in [-0.1, -0.05) is 26.0 Å². The molecule has 1 saturated heterocycles. The lowest BCUT2D eigenvalue weighted by Crippen LogP contribution is -2.57. The summed E-state index contributed by atoms with van der Waals surface area (Å²) in [5.41, 5.74) is 1.13. The molecule has 2 aliphatic carbocycles. The summed E-state index contributed by atoms with van der Waals surface area (Å²) in [5, 5.41) is 11.7. The third kappa shape index (κ3) is 3.25. The van der Waals surface area contributed by atoms with E-state index < -0.39 is 17.0 Å². The van der Waals surface area contributed by atoms with Crippen molar-refractivity contribution in [3.63, 3.8) is 0 Å². The van der Waals surface area contributed by atoms with Crippen LogP contribution in [0.4, 0.5) is 19.4 Å². The van der Waals surface area contributed by atoms with Gasteiger partial charge in [-0.2, -0.15) is 10.2 Å². The summed E-state index contributed by atoms with van der Waals surface area (Å²) in [4.78, 5) is 19.0. The van der Waals surface area contributed by atoms with E-state index in [1.807, 2.05) is 6.07 Å². The number of hydrogen-bond donors (Lipinski definition) is 1. The number of anilines is 1. The molecule has 2 aromatic heterocycles. The van der Waals surface area contributed by atoms with Crippen LogP contribution in [0, 0.1) is 17.0 Å². The molecule has 0 radical (unpaired) electrons. The topological polar surface area (TPSA) is 80.2 Å². The van der Waals surface area contributed by atoms with E-state index in [1.165, 1.54) is 18.2 Å². The molecule has 2 bridgehead atoms. The highest BCUT2D eigenvalue weighted by Gasteiger charge is 2.67. The number of carbonyl (C=O) groups excluding carboxylic acids is 1. The Hall–Kier alpha value is -3.46. The summed E-state index contributed by atoms with van der Waals surface area (Å²) < 4.78 is 35.3. The number of morpholine rings is 1. The van der Waals surface area contributed by atoms with Crippen LogP contribution in [-0.2, 0) is 10.2 Å². The van der Waals surface area contributed by atoms with Gasteiger partial charge in [0.1, 0.15) is 17.5 Å². The minimum Gasteiger partial charge on any atom is -0.374 e. The standard InChI is InChI=1S/C27H27F2N5O2/c1-26(2)17-9-10-27(26,21-15-34(12-13-36-21)25(35)31-22-8-3-4-11-30-22)24-16(17)14-20(32-33-24)23-18(28)6-5-7-19(23)29/h3-8,11,14,17,21H,9-10,12-13,15H2,1-2H3,(H,30,31,35)/t17-,21-,27-/m0/s1. The quantitative estimate of drug-likeness (QED) is 0.564. The molecular formula is C27H27F2N5O2. The largest absolute Gasteiger partial charge is 0.374 e. The van der Waals surface area contributed by atoms with E-state index in [9.17, 15) is 13.6 Å². The second kappa shape index (κ2) is 8.30. The van der Waals surface area contributed by atoms with Crippen molar-refractivity contribution < 1.29 is 18.3 Å². The van der Waals surface area contributed by atoms with Gasteiger partial charge in [0, 0.05) is 24.7 Å². The molecule has 1 N–H and O–H groups in total. The highest BCUT2D eigenvalue weighted by molar-refractivity contribution is 5.88. The molecule has 3 atom stereocenters.